The third-order valence-electron chi connectivity index (χ3n) is 8.91. The molecule has 0 spiro atoms. The fourth-order valence-electron chi connectivity index (χ4n) is 6.74. The van der Waals surface area contributed by atoms with Gasteiger partial charge in [0.25, 0.3) is 0 Å². The molecular weight excluding hydrogens is 649 g/mol. The maximum atomic E-state index is 5.40. The van der Waals surface area contributed by atoms with E-state index in [9.17, 15) is 0 Å². The number of fused-ring (bicyclic) bond motifs is 8. The molecule has 48 heavy (non-hydrogen) atoms. The Hall–Kier alpha value is -5.80. The summed E-state index contributed by atoms with van der Waals surface area (Å²) >= 11 is 0.0353. The van der Waals surface area contributed by atoms with Crippen molar-refractivity contribution in [2.75, 3.05) is 0 Å². The van der Waals surface area contributed by atoms with Crippen LogP contribution in [0.15, 0.2) is 157 Å². The molecule has 9 rings (SSSR count). The predicted octanol–water partition coefficient (Wildman–Crippen LogP) is 11.2. The zero-order valence-electron chi connectivity index (χ0n) is 26.0. The van der Waals surface area contributed by atoms with Gasteiger partial charge >= 0.3 is 286 Å². The molecule has 0 aliphatic carbocycles. The zero-order valence-corrected chi connectivity index (χ0v) is 27.7. The van der Waals surface area contributed by atoms with Gasteiger partial charge in [-0.25, -0.2) is 0 Å². The number of nitrogens with one attached hydrogen (secondary N) is 1. The first-order valence-corrected chi connectivity index (χ1v) is 17.8. The molecule has 2 aliphatic heterocycles. The second-order valence-corrected chi connectivity index (χ2v) is 14.1. The molecule has 4 aromatic carbocycles. The van der Waals surface area contributed by atoms with E-state index in [1.807, 2.05) is 6.21 Å². The maximum absolute atomic E-state index is 5.40. The Kier molecular flexibility index (Phi) is 7.16. The average Bonchev–Trinajstić information content (AvgIpc) is 3.98. The molecule has 2 aliphatic rings. The molecule has 0 amide bonds. The van der Waals surface area contributed by atoms with Gasteiger partial charge < -0.3 is 0 Å². The van der Waals surface area contributed by atoms with E-state index in [0.29, 0.717) is 0 Å². The molecular formula is C44H29N3Se. The normalized spacial score (nSPS) is 12.0. The van der Waals surface area contributed by atoms with Gasteiger partial charge in [0.1, 0.15) is 0 Å². The molecule has 0 atom stereocenters. The Morgan fingerprint density at radius 2 is 0.896 bits per heavy atom. The Balaban J connectivity index is 1.49. The van der Waals surface area contributed by atoms with Crippen LogP contribution in [0.2, 0.25) is 0 Å². The Morgan fingerprint density at radius 3 is 1.48 bits per heavy atom. The molecule has 3 nitrogen and oxygen atoms in total. The van der Waals surface area contributed by atoms with Crippen LogP contribution < -0.4 is 0 Å². The van der Waals surface area contributed by atoms with Crippen LogP contribution in [0.25, 0.3) is 76.2 Å². The van der Waals surface area contributed by atoms with Crippen LogP contribution in [0.5, 0.6) is 0 Å². The van der Waals surface area contributed by atoms with E-state index in [1.54, 1.807) is 0 Å². The van der Waals surface area contributed by atoms with Crippen LogP contribution in [0.3, 0.4) is 0 Å². The number of hydrogen-bond donors (Lipinski definition) is 1. The first-order valence-electron chi connectivity index (χ1n) is 16.1. The summed E-state index contributed by atoms with van der Waals surface area (Å²) in [7, 11) is 0. The minimum atomic E-state index is 0.0353. The summed E-state index contributed by atoms with van der Waals surface area (Å²) in [5.41, 5.74) is 15.2. The SMILES string of the molecule is C1=Cc2nc1c(-c1ccccc1)c1ccc([nH]1)c(-c1ccccc1)c1cc(c(-c3ccccc3)c3ccc([se]3)c2-c2ccccc2)C=N1. The average molecular weight is 679 g/mol. The van der Waals surface area contributed by atoms with Gasteiger partial charge in [0.2, 0.25) is 0 Å². The first-order chi connectivity index (χ1) is 23.8. The topological polar surface area (TPSA) is 41.0 Å². The first kappa shape index (κ1) is 28.4. The van der Waals surface area contributed by atoms with Crippen molar-refractivity contribution in [1.82, 2.24) is 9.97 Å². The Labute approximate surface area is 285 Å². The van der Waals surface area contributed by atoms with E-state index in [1.165, 1.54) is 30.8 Å². The van der Waals surface area contributed by atoms with Gasteiger partial charge in [0.05, 0.1) is 0 Å². The monoisotopic (exact) mass is 679 g/mol. The van der Waals surface area contributed by atoms with Crippen molar-refractivity contribution in [1.29, 1.82) is 0 Å². The summed E-state index contributed by atoms with van der Waals surface area (Å²) in [6, 6.07) is 53.8. The van der Waals surface area contributed by atoms with Gasteiger partial charge in [-0.15, -0.1) is 0 Å². The van der Waals surface area contributed by atoms with Gasteiger partial charge in [0.15, 0.2) is 0 Å². The molecule has 3 aromatic heterocycles. The van der Waals surface area contributed by atoms with E-state index >= 15 is 0 Å². The van der Waals surface area contributed by atoms with Crippen LogP contribution >= 0.6 is 0 Å². The molecule has 226 valence electrons. The molecule has 5 heterocycles. The molecule has 0 radical (unpaired) electrons. The number of benzene rings is 4. The molecule has 0 saturated carbocycles. The minimum absolute atomic E-state index is 0.0353. The summed E-state index contributed by atoms with van der Waals surface area (Å²) in [5.74, 6) is 0. The number of nitrogens with zero attached hydrogens (tertiary/aromatic N) is 2. The zero-order chi connectivity index (χ0) is 31.9. The Bertz CT molecular complexity index is 2180. The van der Waals surface area contributed by atoms with Crippen LogP contribution in [-0.4, -0.2) is 30.7 Å². The number of aliphatic imine (C=N–C) groups is 1. The second kappa shape index (κ2) is 12.1. The van der Waals surface area contributed by atoms with Crippen molar-refractivity contribution < 1.29 is 0 Å². The fourth-order valence-corrected chi connectivity index (χ4v) is 9.20. The van der Waals surface area contributed by atoms with E-state index < -0.39 is 0 Å². The van der Waals surface area contributed by atoms with E-state index in [-0.39, 0.29) is 14.5 Å². The Morgan fingerprint density at radius 1 is 0.438 bits per heavy atom. The molecule has 7 aromatic rings. The second-order valence-electron chi connectivity index (χ2n) is 11.9. The van der Waals surface area contributed by atoms with E-state index in [4.69, 9.17) is 9.98 Å². The van der Waals surface area contributed by atoms with Gasteiger partial charge in [0, 0.05) is 0 Å². The molecule has 0 fully saturated rings. The quantitative estimate of drug-likeness (QED) is 0.185. The van der Waals surface area contributed by atoms with E-state index in [0.717, 1.165) is 55.9 Å². The van der Waals surface area contributed by atoms with E-state index in [2.05, 4.69) is 169 Å². The predicted molar refractivity (Wildman–Crippen MR) is 204 cm³/mol. The van der Waals surface area contributed by atoms with Crippen molar-refractivity contribution in [3.8, 4) is 44.5 Å². The van der Waals surface area contributed by atoms with Crippen LogP contribution in [0.4, 0.5) is 5.69 Å². The summed E-state index contributed by atoms with van der Waals surface area (Å²) < 4.78 is 2.64. The van der Waals surface area contributed by atoms with Gasteiger partial charge in [-0.05, 0) is 0 Å². The standard InChI is InChI=1S/C44H29N3Se/c1-5-13-29(14-6-1)41-33-27-38(45-28-33)43(31-17-9-3-10-18-31)36-22-21-34(46-36)42(30-15-7-2-8-16-30)35-23-24-37(47-35)44(32-19-11-4-12-20-32)40-26-25-39(41)48-40/h1-28,46H. The molecule has 8 bridgehead atoms. The number of hydrogen-bond acceptors (Lipinski definition) is 2. The van der Waals surface area contributed by atoms with Crippen LogP contribution in [-0.2, 0) is 0 Å². The molecule has 0 saturated heterocycles. The number of H-pyrrole nitrogens is 1. The van der Waals surface area contributed by atoms with Crippen molar-refractivity contribution in [3.63, 3.8) is 0 Å². The molecule has 0 unspecified atom stereocenters. The third-order valence-corrected chi connectivity index (χ3v) is 11.3. The summed E-state index contributed by atoms with van der Waals surface area (Å²) in [6.07, 6.45) is 6.41. The summed E-state index contributed by atoms with van der Waals surface area (Å²) in [5, 5.41) is 0. The van der Waals surface area contributed by atoms with Crippen molar-refractivity contribution >= 4 is 58.1 Å². The van der Waals surface area contributed by atoms with Crippen molar-refractivity contribution in [3.05, 3.63) is 169 Å². The van der Waals surface area contributed by atoms with Crippen molar-refractivity contribution in [2.45, 2.75) is 0 Å². The summed E-state index contributed by atoms with van der Waals surface area (Å²) in [4.78, 5) is 14.3. The molecule has 4 heteroatoms. The van der Waals surface area contributed by atoms with Crippen molar-refractivity contribution in [2.24, 2.45) is 4.99 Å². The number of aromatic nitrogens is 2. The molecule has 1 N–H and O–H groups in total. The third kappa shape index (κ3) is 5.09. The number of rotatable bonds is 4. The van der Waals surface area contributed by atoms with Crippen LogP contribution in [0.1, 0.15) is 17.0 Å². The fraction of sp³-hybridized carbons (Fsp3) is 0. The van der Waals surface area contributed by atoms with Crippen LogP contribution in [0, 0.1) is 0 Å². The number of aromatic amines is 1. The van der Waals surface area contributed by atoms with Gasteiger partial charge in [-0.2, -0.15) is 0 Å². The van der Waals surface area contributed by atoms with Gasteiger partial charge in [-0.3, -0.25) is 0 Å². The summed E-state index contributed by atoms with van der Waals surface area (Å²) in [6.45, 7) is 0. The van der Waals surface area contributed by atoms with Gasteiger partial charge in [-0.1, -0.05) is 0 Å².